The highest BCUT2D eigenvalue weighted by atomic mass is 32.2. The highest BCUT2D eigenvalue weighted by molar-refractivity contribution is 7.90. The van der Waals surface area contributed by atoms with Crippen molar-refractivity contribution in [1.82, 2.24) is 4.31 Å². The molecular formula is C18H27NO3S. The van der Waals surface area contributed by atoms with Crippen LogP contribution in [0.3, 0.4) is 0 Å². The van der Waals surface area contributed by atoms with Crippen LogP contribution in [-0.4, -0.2) is 35.3 Å². The Morgan fingerprint density at radius 3 is 2.26 bits per heavy atom. The third-order valence-electron chi connectivity index (χ3n) is 4.36. The van der Waals surface area contributed by atoms with Gasteiger partial charge in [-0.1, -0.05) is 56.5 Å². The molecule has 1 fully saturated rings. The van der Waals surface area contributed by atoms with Crippen LogP contribution in [0.5, 0.6) is 0 Å². The largest absolute Gasteiger partial charge is 0.292 e. The Bertz CT molecular complexity index is 647. The summed E-state index contributed by atoms with van der Waals surface area (Å²) in [6, 6.07) is 8.27. The molecule has 3 atom stereocenters. The lowest BCUT2D eigenvalue weighted by atomic mass is 10.0. The van der Waals surface area contributed by atoms with Crippen molar-refractivity contribution in [1.29, 1.82) is 0 Å². The number of rotatable bonds is 7. The van der Waals surface area contributed by atoms with Crippen molar-refractivity contribution in [3.63, 3.8) is 0 Å². The zero-order valence-electron chi connectivity index (χ0n) is 14.5. The van der Waals surface area contributed by atoms with Gasteiger partial charge < -0.3 is 0 Å². The van der Waals surface area contributed by atoms with Crippen LogP contribution < -0.4 is 0 Å². The minimum Gasteiger partial charge on any atom is -0.292 e. The van der Waals surface area contributed by atoms with Gasteiger partial charge in [0.25, 0.3) is 0 Å². The van der Waals surface area contributed by atoms with E-state index in [9.17, 15) is 13.2 Å². The highest BCUT2D eigenvalue weighted by Crippen LogP contribution is 2.42. The molecule has 0 aromatic heterocycles. The fourth-order valence-electron chi connectivity index (χ4n) is 2.85. The molecule has 23 heavy (non-hydrogen) atoms. The fourth-order valence-corrected chi connectivity index (χ4v) is 4.54. The lowest BCUT2D eigenvalue weighted by molar-refractivity contribution is 0.0981. The number of hydrogen-bond acceptors (Lipinski definition) is 3. The molecule has 0 bridgehead atoms. The van der Waals surface area contributed by atoms with Gasteiger partial charge in [0.05, 0.1) is 4.75 Å². The summed E-state index contributed by atoms with van der Waals surface area (Å²) in [5, 5.41) is 0. The zero-order chi connectivity index (χ0) is 17.3. The molecule has 1 aliphatic heterocycles. The van der Waals surface area contributed by atoms with Crippen molar-refractivity contribution in [3.8, 4) is 0 Å². The number of nitrogens with zero attached hydrogens (tertiary/aromatic N) is 1. The topological polar surface area (TPSA) is 54.2 Å². The summed E-state index contributed by atoms with van der Waals surface area (Å²) in [6.07, 6.45) is 3.85. The Morgan fingerprint density at radius 1 is 1.13 bits per heavy atom. The Kier molecular flexibility index (Phi) is 5.31. The monoisotopic (exact) mass is 337 g/mol. The Hall–Kier alpha value is -1.20. The molecule has 4 nitrogen and oxygen atoms in total. The van der Waals surface area contributed by atoms with E-state index in [1.165, 1.54) is 4.31 Å². The summed E-state index contributed by atoms with van der Waals surface area (Å²) in [5.41, 5.74) is 0.588. The summed E-state index contributed by atoms with van der Waals surface area (Å²) >= 11 is 0. The van der Waals surface area contributed by atoms with E-state index in [-0.39, 0.29) is 11.8 Å². The van der Waals surface area contributed by atoms with Crippen molar-refractivity contribution in [3.05, 3.63) is 35.9 Å². The van der Waals surface area contributed by atoms with E-state index < -0.39 is 20.8 Å². The number of sulfonamides is 1. The first kappa shape index (κ1) is 18.1. The quantitative estimate of drug-likeness (QED) is 0.434. The van der Waals surface area contributed by atoms with E-state index in [1.54, 1.807) is 32.9 Å². The average molecular weight is 337 g/mol. The third kappa shape index (κ3) is 3.66. The van der Waals surface area contributed by atoms with Gasteiger partial charge in [0.1, 0.15) is 6.04 Å². The minimum atomic E-state index is -3.48. The van der Waals surface area contributed by atoms with Crippen molar-refractivity contribution in [2.24, 2.45) is 0 Å². The van der Waals surface area contributed by atoms with E-state index in [0.29, 0.717) is 5.56 Å². The summed E-state index contributed by atoms with van der Waals surface area (Å²) in [7, 11) is -3.48. The number of Topliss-reactive ketones (excluding diaryl/α,β-unsaturated/α-hetero) is 1. The fraction of sp³-hybridized carbons (Fsp3) is 0.611. The van der Waals surface area contributed by atoms with Crippen molar-refractivity contribution >= 4 is 15.8 Å². The molecule has 0 amide bonds. The van der Waals surface area contributed by atoms with Gasteiger partial charge in [-0.05, 0) is 27.2 Å². The molecule has 0 aliphatic carbocycles. The molecule has 0 spiro atoms. The molecule has 128 valence electrons. The van der Waals surface area contributed by atoms with Gasteiger partial charge in [-0.2, -0.15) is 4.31 Å². The molecular weight excluding hydrogens is 310 g/mol. The number of carbonyl (C=O) groups excluding carboxylic acids is 1. The summed E-state index contributed by atoms with van der Waals surface area (Å²) in [4.78, 5) is 12.7. The van der Waals surface area contributed by atoms with Crippen LogP contribution >= 0.6 is 0 Å². The lowest BCUT2D eigenvalue weighted by Gasteiger charge is -2.20. The normalized spacial score (nSPS) is 24.4. The van der Waals surface area contributed by atoms with Crippen molar-refractivity contribution in [2.75, 3.05) is 0 Å². The Labute approximate surface area is 139 Å². The number of unbranched alkanes of at least 4 members (excludes halogenated alkanes) is 2. The van der Waals surface area contributed by atoms with E-state index >= 15 is 0 Å². The minimum absolute atomic E-state index is 0.0834. The van der Waals surface area contributed by atoms with E-state index in [2.05, 4.69) is 6.92 Å². The second kappa shape index (κ2) is 6.73. The molecule has 0 saturated carbocycles. The summed E-state index contributed by atoms with van der Waals surface area (Å²) in [6.45, 7) is 7.18. The molecule has 2 rings (SSSR count). The van der Waals surface area contributed by atoms with E-state index in [4.69, 9.17) is 0 Å². The average Bonchev–Trinajstić information content (AvgIpc) is 3.21. The number of carbonyl (C=O) groups is 1. The molecule has 5 heteroatoms. The first-order valence-corrected chi connectivity index (χ1v) is 9.78. The summed E-state index contributed by atoms with van der Waals surface area (Å²) in [5.74, 6) is -0.0834. The maximum Gasteiger partial charge on any atom is 0.220 e. The number of hydrogen-bond donors (Lipinski definition) is 0. The van der Waals surface area contributed by atoms with Gasteiger partial charge in [-0.25, -0.2) is 8.42 Å². The van der Waals surface area contributed by atoms with Crippen molar-refractivity contribution < 1.29 is 13.2 Å². The first-order chi connectivity index (χ1) is 10.7. The Morgan fingerprint density at radius 2 is 1.74 bits per heavy atom. The number of benzene rings is 1. The van der Waals surface area contributed by atoms with Gasteiger partial charge in [-0.15, -0.1) is 0 Å². The summed E-state index contributed by atoms with van der Waals surface area (Å²) < 4.78 is 26.1. The molecule has 1 saturated heterocycles. The van der Waals surface area contributed by atoms with E-state index in [1.807, 2.05) is 18.2 Å². The second-order valence-corrected chi connectivity index (χ2v) is 9.78. The van der Waals surface area contributed by atoms with Gasteiger partial charge in [-0.3, -0.25) is 4.79 Å². The zero-order valence-corrected chi connectivity index (χ0v) is 15.3. The Balaban J connectivity index is 2.23. The van der Waals surface area contributed by atoms with Crippen LogP contribution in [0.1, 0.15) is 63.7 Å². The standard InChI is InChI=1S/C18H27NO3S/c1-5-6-8-13-15-16(17(20)14-11-9-7-10-12-14)19(15)23(21,22)18(2,3)4/h7,9-12,15-16H,5-6,8,13H2,1-4H3/t15?,16-,19?/m0/s1. The number of ketones is 1. The van der Waals surface area contributed by atoms with Crippen LogP contribution in [-0.2, 0) is 10.0 Å². The first-order valence-electron chi connectivity index (χ1n) is 8.34. The van der Waals surface area contributed by atoms with Crippen LogP contribution in [0.15, 0.2) is 30.3 Å². The highest BCUT2D eigenvalue weighted by Gasteiger charge is 2.60. The third-order valence-corrected chi connectivity index (χ3v) is 6.96. The predicted octanol–water partition coefficient (Wildman–Crippen LogP) is 3.63. The van der Waals surface area contributed by atoms with E-state index in [0.717, 1.165) is 25.7 Å². The molecule has 1 aliphatic rings. The van der Waals surface area contributed by atoms with Crippen LogP contribution in [0, 0.1) is 0 Å². The molecule has 0 radical (unpaired) electrons. The van der Waals surface area contributed by atoms with Crippen LogP contribution in [0.4, 0.5) is 0 Å². The van der Waals surface area contributed by atoms with Crippen LogP contribution in [0.2, 0.25) is 0 Å². The van der Waals surface area contributed by atoms with Gasteiger partial charge in [0.2, 0.25) is 10.0 Å². The molecule has 1 aromatic rings. The van der Waals surface area contributed by atoms with Crippen molar-refractivity contribution in [2.45, 2.75) is 70.2 Å². The SMILES string of the molecule is CCCCCC1[C@@H](C(=O)c2ccccc2)N1S(=O)(=O)C(C)(C)C. The predicted molar refractivity (Wildman–Crippen MR) is 93.0 cm³/mol. The van der Waals surface area contributed by atoms with Gasteiger partial charge in [0.15, 0.2) is 5.78 Å². The molecule has 1 aromatic carbocycles. The van der Waals surface area contributed by atoms with Gasteiger partial charge >= 0.3 is 0 Å². The molecule has 0 N–H and O–H groups in total. The molecule has 2 unspecified atom stereocenters. The lowest BCUT2D eigenvalue weighted by Crippen LogP contribution is -2.35. The molecule has 1 heterocycles. The maximum atomic E-state index is 12.8. The second-order valence-electron chi connectivity index (χ2n) is 7.19. The van der Waals surface area contributed by atoms with Gasteiger partial charge in [0, 0.05) is 11.6 Å². The maximum absolute atomic E-state index is 12.8. The van der Waals surface area contributed by atoms with Crippen LogP contribution in [0.25, 0.3) is 0 Å². The smallest absolute Gasteiger partial charge is 0.220 e.